The van der Waals surface area contributed by atoms with Crippen molar-refractivity contribution in [3.05, 3.63) is 29.8 Å². The van der Waals surface area contributed by atoms with E-state index in [1.807, 2.05) is 6.92 Å². The predicted molar refractivity (Wildman–Crippen MR) is 82.8 cm³/mol. The minimum atomic E-state index is -4.37. The zero-order valence-corrected chi connectivity index (χ0v) is 13.4. The summed E-state index contributed by atoms with van der Waals surface area (Å²) in [6.07, 6.45) is -4.37. The van der Waals surface area contributed by atoms with Crippen molar-refractivity contribution < 1.29 is 22.6 Å². The molecule has 1 atom stereocenters. The second-order valence-corrected chi connectivity index (χ2v) is 4.87. The molecule has 5 nitrogen and oxygen atoms in total. The maximum atomic E-state index is 12.6. The number of methoxy groups -OCH3 is 1. The normalized spacial score (nSPS) is 13.6. The van der Waals surface area contributed by atoms with Gasteiger partial charge in [0.15, 0.2) is 5.96 Å². The van der Waals surface area contributed by atoms with E-state index >= 15 is 0 Å². The van der Waals surface area contributed by atoms with Crippen molar-refractivity contribution in [2.24, 2.45) is 4.99 Å². The van der Waals surface area contributed by atoms with Gasteiger partial charge in [-0.2, -0.15) is 13.2 Å². The molecule has 0 aliphatic rings. The van der Waals surface area contributed by atoms with Gasteiger partial charge in [-0.1, -0.05) is 6.07 Å². The Hall–Kier alpha value is -1.96. The van der Waals surface area contributed by atoms with E-state index in [2.05, 4.69) is 15.6 Å². The number of ether oxygens (including phenoxy) is 2. The molecular formula is C15H22F3N3O2. The summed E-state index contributed by atoms with van der Waals surface area (Å²) in [5.41, 5.74) is -0.728. The van der Waals surface area contributed by atoms with Crippen molar-refractivity contribution in [2.45, 2.75) is 19.1 Å². The van der Waals surface area contributed by atoms with Crippen LogP contribution in [0.1, 0.15) is 12.5 Å². The number of benzene rings is 1. The van der Waals surface area contributed by atoms with Crippen LogP contribution >= 0.6 is 0 Å². The highest BCUT2D eigenvalue weighted by Gasteiger charge is 2.30. The Bertz CT molecular complexity index is 507. The van der Waals surface area contributed by atoms with Crippen molar-refractivity contribution in [3.8, 4) is 5.75 Å². The molecule has 0 heterocycles. The zero-order valence-electron chi connectivity index (χ0n) is 13.4. The standard InChI is InChI=1S/C15H22F3N3O2/c1-11(10-22-3)21-14(19-2)20-7-8-23-13-6-4-5-12(9-13)15(16,17)18/h4-6,9,11H,7-8,10H2,1-3H3,(H2,19,20,21). The van der Waals surface area contributed by atoms with Gasteiger partial charge in [0.2, 0.25) is 0 Å². The molecule has 23 heavy (non-hydrogen) atoms. The van der Waals surface area contributed by atoms with Crippen LogP contribution in [0, 0.1) is 0 Å². The summed E-state index contributed by atoms with van der Waals surface area (Å²) in [7, 11) is 3.24. The summed E-state index contributed by atoms with van der Waals surface area (Å²) in [6, 6.07) is 4.87. The van der Waals surface area contributed by atoms with E-state index < -0.39 is 11.7 Å². The van der Waals surface area contributed by atoms with Crippen LogP contribution in [0.4, 0.5) is 13.2 Å². The Morgan fingerprint density at radius 3 is 2.70 bits per heavy atom. The van der Waals surface area contributed by atoms with Crippen molar-refractivity contribution >= 4 is 5.96 Å². The average Bonchev–Trinajstić information content (AvgIpc) is 2.50. The van der Waals surface area contributed by atoms with E-state index in [4.69, 9.17) is 9.47 Å². The van der Waals surface area contributed by atoms with Gasteiger partial charge in [0.05, 0.1) is 18.7 Å². The summed E-state index contributed by atoms with van der Waals surface area (Å²) in [5.74, 6) is 0.750. The van der Waals surface area contributed by atoms with Crippen molar-refractivity contribution in [3.63, 3.8) is 0 Å². The first-order chi connectivity index (χ1) is 10.9. The van der Waals surface area contributed by atoms with Crippen molar-refractivity contribution in [1.82, 2.24) is 10.6 Å². The molecule has 0 aliphatic carbocycles. The number of rotatable bonds is 7. The molecule has 8 heteroatoms. The summed E-state index contributed by atoms with van der Waals surface area (Å²) >= 11 is 0. The van der Waals surface area contributed by atoms with Crippen molar-refractivity contribution in [2.75, 3.05) is 33.9 Å². The lowest BCUT2D eigenvalue weighted by molar-refractivity contribution is -0.137. The SMILES string of the molecule is CN=C(NCCOc1cccc(C(F)(F)F)c1)NC(C)COC. The Labute approximate surface area is 133 Å². The molecule has 0 aliphatic heterocycles. The van der Waals surface area contributed by atoms with E-state index in [1.54, 1.807) is 14.2 Å². The first-order valence-corrected chi connectivity index (χ1v) is 7.13. The van der Waals surface area contributed by atoms with E-state index in [1.165, 1.54) is 12.1 Å². The van der Waals surface area contributed by atoms with Gasteiger partial charge >= 0.3 is 6.18 Å². The van der Waals surface area contributed by atoms with Gasteiger partial charge in [-0.05, 0) is 25.1 Å². The average molecular weight is 333 g/mol. The highest BCUT2D eigenvalue weighted by atomic mass is 19.4. The van der Waals surface area contributed by atoms with Gasteiger partial charge in [-0.15, -0.1) is 0 Å². The number of nitrogens with zero attached hydrogens (tertiary/aromatic N) is 1. The molecule has 0 saturated heterocycles. The Morgan fingerprint density at radius 1 is 1.35 bits per heavy atom. The lowest BCUT2D eigenvalue weighted by Crippen LogP contribution is -2.45. The molecule has 1 aromatic carbocycles. The smallest absolute Gasteiger partial charge is 0.416 e. The number of aliphatic imine (C=N–C) groups is 1. The van der Waals surface area contributed by atoms with E-state index in [0.717, 1.165) is 12.1 Å². The summed E-state index contributed by atoms with van der Waals surface area (Å²) in [5, 5.41) is 6.11. The fraction of sp³-hybridized carbons (Fsp3) is 0.533. The van der Waals surface area contributed by atoms with Gasteiger partial charge in [-0.25, -0.2) is 0 Å². The first-order valence-electron chi connectivity index (χ1n) is 7.13. The number of nitrogens with one attached hydrogen (secondary N) is 2. The third-order valence-corrected chi connectivity index (χ3v) is 2.85. The lowest BCUT2D eigenvalue weighted by Gasteiger charge is -2.17. The molecule has 0 bridgehead atoms. The Kier molecular flexibility index (Phi) is 7.67. The number of hydrogen-bond acceptors (Lipinski definition) is 3. The van der Waals surface area contributed by atoms with Crippen LogP contribution in [-0.2, 0) is 10.9 Å². The Balaban J connectivity index is 2.39. The molecule has 0 fully saturated rings. The third-order valence-electron chi connectivity index (χ3n) is 2.85. The minimum Gasteiger partial charge on any atom is -0.492 e. The Morgan fingerprint density at radius 2 is 2.09 bits per heavy atom. The van der Waals surface area contributed by atoms with Crippen LogP contribution in [0.25, 0.3) is 0 Å². The molecule has 130 valence electrons. The summed E-state index contributed by atoms with van der Waals surface area (Å²) in [4.78, 5) is 4.04. The van der Waals surface area contributed by atoms with Crippen LogP contribution in [0.15, 0.2) is 29.3 Å². The second kappa shape index (κ2) is 9.24. The largest absolute Gasteiger partial charge is 0.492 e. The summed E-state index contributed by atoms with van der Waals surface area (Å²) in [6.45, 7) is 3.08. The number of hydrogen-bond donors (Lipinski definition) is 2. The molecule has 0 amide bonds. The van der Waals surface area contributed by atoms with Crippen LogP contribution in [0.5, 0.6) is 5.75 Å². The number of halogens is 3. The zero-order chi connectivity index (χ0) is 17.3. The van der Waals surface area contributed by atoms with Crippen LogP contribution < -0.4 is 15.4 Å². The molecule has 0 aromatic heterocycles. The number of guanidine groups is 1. The predicted octanol–water partition coefficient (Wildman–Crippen LogP) is 2.28. The van der Waals surface area contributed by atoms with Gasteiger partial charge in [0.1, 0.15) is 12.4 Å². The van der Waals surface area contributed by atoms with Crippen molar-refractivity contribution in [1.29, 1.82) is 0 Å². The highest BCUT2D eigenvalue weighted by molar-refractivity contribution is 5.79. The quantitative estimate of drug-likeness (QED) is 0.457. The molecule has 1 rings (SSSR count). The van der Waals surface area contributed by atoms with Crippen LogP contribution in [0.3, 0.4) is 0 Å². The fourth-order valence-electron chi connectivity index (χ4n) is 1.82. The van der Waals surface area contributed by atoms with Crippen LogP contribution in [-0.4, -0.2) is 45.9 Å². The van der Waals surface area contributed by atoms with Gasteiger partial charge in [0.25, 0.3) is 0 Å². The highest BCUT2D eigenvalue weighted by Crippen LogP contribution is 2.31. The first kappa shape index (κ1) is 19.1. The topological polar surface area (TPSA) is 54.9 Å². The van der Waals surface area contributed by atoms with Gasteiger partial charge in [-0.3, -0.25) is 4.99 Å². The lowest BCUT2D eigenvalue weighted by atomic mass is 10.2. The molecule has 1 aromatic rings. The van der Waals surface area contributed by atoms with E-state index in [-0.39, 0.29) is 18.4 Å². The van der Waals surface area contributed by atoms with Gasteiger partial charge in [0, 0.05) is 20.2 Å². The molecule has 0 spiro atoms. The summed E-state index contributed by atoms with van der Waals surface area (Å²) < 4.78 is 48.1. The molecular weight excluding hydrogens is 311 g/mol. The minimum absolute atomic E-state index is 0.0792. The molecule has 2 N–H and O–H groups in total. The van der Waals surface area contributed by atoms with E-state index in [0.29, 0.717) is 19.1 Å². The maximum absolute atomic E-state index is 12.6. The molecule has 0 saturated carbocycles. The van der Waals surface area contributed by atoms with Crippen LogP contribution in [0.2, 0.25) is 0 Å². The molecule has 0 radical (unpaired) electrons. The molecule has 1 unspecified atom stereocenters. The second-order valence-electron chi connectivity index (χ2n) is 4.87. The number of alkyl halides is 3. The van der Waals surface area contributed by atoms with E-state index in [9.17, 15) is 13.2 Å². The third kappa shape index (κ3) is 7.23. The maximum Gasteiger partial charge on any atom is 0.416 e. The fourth-order valence-corrected chi connectivity index (χ4v) is 1.82. The van der Waals surface area contributed by atoms with Gasteiger partial charge < -0.3 is 20.1 Å². The monoisotopic (exact) mass is 333 g/mol.